The van der Waals surface area contributed by atoms with Crippen LogP contribution in [0.15, 0.2) is 39.6 Å². The molecule has 11 heteroatoms. The van der Waals surface area contributed by atoms with E-state index in [0.29, 0.717) is 36.3 Å². The van der Waals surface area contributed by atoms with Crippen LogP contribution in [0.25, 0.3) is 22.3 Å². The zero-order chi connectivity index (χ0) is 32.3. The summed E-state index contributed by atoms with van der Waals surface area (Å²) in [6.45, 7) is 7.13. The minimum Gasteiger partial charge on any atom is -0.481 e. The Kier molecular flexibility index (Phi) is 7.82. The van der Waals surface area contributed by atoms with Gasteiger partial charge >= 0.3 is 18.0 Å². The Labute approximate surface area is 269 Å². The number of alkyl carbamates (subject to hydrolysis) is 1. The number of carboxylic acid groups (broad SMARTS) is 1. The quantitative estimate of drug-likeness (QED) is 0.234. The highest BCUT2D eigenvalue weighted by Crippen LogP contribution is 2.55. The van der Waals surface area contributed by atoms with Gasteiger partial charge in [0.15, 0.2) is 0 Å². The van der Waals surface area contributed by atoms with Crippen LogP contribution in [0.3, 0.4) is 0 Å². The van der Waals surface area contributed by atoms with Gasteiger partial charge in [0.05, 0.1) is 34.9 Å². The van der Waals surface area contributed by atoms with Crippen LogP contribution in [0, 0.1) is 11.3 Å². The molecule has 1 fully saturated rings. The van der Waals surface area contributed by atoms with Crippen molar-refractivity contribution in [1.82, 2.24) is 14.9 Å². The van der Waals surface area contributed by atoms with Crippen LogP contribution in [0.5, 0.6) is 0 Å². The number of aromatic nitrogens is 2. The Morgan fingerprint density at radius 3 is 2.58 bits per heavy atom. The van der Waals surface area contributed by atoms with Gasteiger partial charge in [-0.15, -0.1) is 0 Å². The van der Waals surface area contributed by atoms with E-state index in [1.807, 2.05) is 24.3 Å². The second-order valence-corrected chi connectivity index (χ2v) is 14.4. The summed E-state index contributed by atoms with van der Waals surface area (Å²) in [5.74, 6) is -3.10. The highest BCUT2D eigenvalue weighted by molar-refractivity contribution is 9.10. The van der Waals surface area contributed by atoms with Crippen LogP contribution in [-0.4, -0.2) is 44.8 Å². The average Bonchev–Trinajstić information content (AvgIpc) is 3.34. The lowest BCUT2D eigenvalue weighted by molar-refractivity contribution is -0.171. The Balaban J connectivity index is 1.53. The minimum absolute atomic E-state index is 0.0123. The standard InChI is InChI=1S/C34H38BrN3O7/c1-5-34(27(29(40)41)33(12-7-6-8-13-33)18-36-31(43)45-32(2,3)4)22-15-25-26-19(14-20-23(35)10-9-11-24(20)37-26)16-38(25)28(39)21(22)17-44-30(34)42/h9-11,14-15,27H,5-8,12-13,16-18H2,1-4H3,(H,36,43)(H,40,41)/t27?,34-/m1/s1. The van der Waals surface area contributed by atoms with Gasteiger partial charge in [0.1, 0.15) is 17.6 Å². The lowest BCUT2D eigenvalue weighted by Gasteiger charge is -2.50. The number of hydrogen-bond acceptors (Lipinski definition) is 7. The maximum absolute atomic E-state index is 14.2. The van der Waals surface area contributed by atoms with E-state index < -0.39 is 40.4 Å². The molecule has 1 aromatic carbocycles. The fraction of sp³-hybridized carbons (Fsp3) is 0.500. The predicted molar refractivity (Wildman–Crippen MR) is 171 cm³/mol. The van der Waals surface area contributed by atoms with Gasteiger partial charge in [-0.1, -0.05) is 48.2 Å². The molecule has 10 nitrogen and oxygen atoms in total. The lowest BCUT2D eigenvalue weighted by Crippen LogP contribution is -2.60. The molecule has 45 heavy (non-hydrogen) atoms. The monoisotopic (exact) mass is 679 g/mol. The second-order valence-electron chi connectivity index (χ2n) is 13.6. The Morgan fingerprint density at radius 2 is 1.91 bits per heavy atom. The van der Waals surface area contributed by atoms with Gasteiger partial charge in [0.25, 0.3) is 5.56 Å². The van der Waals surface area contributed by atoms with Crippen LogP contribution < -0.4 is 10.9 Å². The first kappa shape index (κ1) is 31.3. The Bertz CT molecular complexity index is 1790. The van der Waals surface area contributed by atoms with E-state index in [-0.39, 0.29) is 30.7 Å². The predicted octanol–water partition coefficient (Wildman–Crippen LogP) is 6.07. The number of carbonyl (C=O) groups is 3. The summed E-state index contributed by atoms with van der Waals surface area (Å²) in [6, 6.07) is 9.55. The first-order valence-corrected chi connectivity index (χ1v) is 16.3. The molecule has 4 heterocycles. The molecule has 3 aliphatic rings. The number of halogens is 1. The van der Waals surface area contributed by atoms with Crippen molar-refractivity contribution in [2.75, 3.05) is 6.54 Å². The molecule has 0 spiro atoms. The van der Waals surface area contributed by atoms with Gasteiger partial charge in [-0.05, 0) is 69.9 Å². The summed E-state index contributed by atoms with van der Waals surface area (Å²) in [5, 5.41) is 14.8. The minimum atomic E-state index is -1.66. The van der Waals surface area contributed by atoms with E-state index in [9.17, 15) is 24.3 Å². The summed E-state index contributed by atoms with van der Waals surface area (Å²) in [4.78, 5) is 59.5. The molecule has 2 aliphatic heterocycles. The molecule has 0 bridgehead atoms. The fourth-order valence-electron chi connectivity index (χ4n) is 7.86. The maximum Gasteiger partial charge on any atom is 0.407 e. The lowest BCUT2D eigenvalue weighted by atomic mass is 9.53. The van der Waals surface area contributed by atoms with Crippen molar-refractivity contribution < 1.29 is 29.0 Å². The van der Waals surface area contributed by atoms with Crippen molar-refractivity contribution in [3.05, 3.63) is 61.8 Å². The number of pyridine rings is 2. The number of aliphatic carboxylic acids is 1. The third-order valence-electron chi connectivity index (χ3n) is 9.79. The topological polar surface area (TPSA) is 137 Å². The summed E-state index contributed by atoms with van der Waals surface area (Å²) in [5.41, 5.74) is -0.227. The molecular formula is C34H38BrN3O7. The number of nitrogens with one attached hydrogen (secondary N) is 1. The van der Waals surface area contributed by atoms with Crippen LogP contribution in [0.4, 0.5) is 4.79 Å². The number of carbonyl (C=O) groups excluding carboxylic acids is 2. The highest BCUT2D eigenvalue weighted by Gasteiger charge is 2.62. The largest absolute Gasteiger partial charge is 0.481 e. The Hall–Kier alpha value is -3.73. The van der Waals surface area contributed by atoms with Crippen molar-refractivity contribution in [2.45, 2.75) is 90.4 Å². The number of benzene rings is 1. The van der Waals surface area contributed by atoms with Crippen molar-refractivity contribution in [1.29, 1.82) is 0 Å². The highest BCUT2D eigenvalue weighted by atomic mass is 79.9. The summed E-state index contributed by atoms with van der Waals surface area (Å²) in [7, 11) is 0. The van der Waals surface area contributed by atoms with Crippen LogP contribution in [0.1, 0.15) is 82.9 Å². The van der Waals surface area contributed by atoms with Crippen molar-refractivity contribution in [3.8, 4) is 11.4 Å². The van der Waals surface area contributed by atoms with Crippen molar-refractivity contribution >= 4 is 44.9 Å². The number of amides is 1. The molecule has 1 amide bonds. The van der Waals surface area contributed by atoms with E-state index in [4.69, 9.17) is 14.5 Å². The molecule has 6 rings (SSSR count). The van der Waals surface area contributed by atoms with Crippen LogP contribution in [0.2, 0.25) is 0 Å². The van der Waals surface area contributed by atoms with Gasteiger partial charge in [-0.3, -0.25) is 14.4 Å². The first-order valence-electron chi connectivity index (χ1n) is 15.5. The molecule has 2 atom stereocenters. The first-order chi connectivity index (χ1) is 21.3. The van der Waals surface area contributed by atoms with Crippen LogP contribution in [-0.2, 0) is 37.6 Å². The molecule has 238 valence electrons. The van der Waals surface area contributed by atoms with Gasteiger partial charge in [0, 0.05) is 27.4 Å². The van der Waals surface area contributed by atoms with Crippen LogP contribution >= 0.6 is 15.9 Å². The Morgan fingerprint density at radius 1 is 1.18 bits per heavy atom. The molecular weight excluding hydrogens is 642 g/mol. The molecule has 2 N–H and O–H groups in total. The molecule has 3 aromatic rings. The average molecular weight is 681 g/mol. The number of hydrogen-bond donors (Lipinski definition) is 2. The number of rotatable bonds is 6. The van der Waals surface area contributed by atoms with E-state index >= 15 is 0 Å². The normalized spacial score (nSPS) is 20.9. The molecule has 1 saturated carbocycles. The molecule has 0 radical (unpaired) electrons. The number of esters is 1. The summed E-state index contributed by atoms with van der Waals surface area (Å²) < 4.78 is 13.7. The third-order valence-corrected chi connectivity index (χ3v) is 10.5. The third kappa shape index (κ3) is 5.13. The number of fused-ring (bicyclic) bond motifs is 5. The zero-order valence-electron chi connectivity index (χ0n) is 26.0. The van der Waals surface area contributed by atoms with E-state index in [1.165, 1.54) is 0 Å². The fourth-order valence-corrected chi connectivity index (χ4v) is 8.33. The maximum atomic E-state index is 14.2. The van der Waals surface area contributed by atoms with Gasteiger partial charge in [0.2, 0.25) is 0 Å². The molecule has 0 saturated heterocycles. The van der Waals surface area contributed by atoms with Gasteiger partial charge in [-0.25, -0.2) is 9.78 Å². The molecule has 1 unspecified atom stereocenters. The zero-order valence-corrected chi connectivity index (χ0v) is 27.6. The molecule has 1 aliphatic carbocycles. The summed E-state index contributed by atoms with van der Waals surface area (Å²) in [6.07, 6.45) is 2.83. The SMILES string of the molecule is CC[C@@]1(C(C(=O)O)C2(CNC(=O)OC(C)(C)C)CCCCC2)C(=O)OCc2c1cc1n(c2=O)Cc2cc3c(Br)cccc3nc2-1. The molecule has 2 aromatic heterocycles. The van der Waals surface area contributed by atoms with Crippen molar-refractivity contribution in [3.63, 3.8) is 0 Å². The smallest absolute Gasteiger partial charge is 0.407 e. The second kappa shape index (κ2) is 11.3. The number of carboxylic acids is 1. The summed E-state index contributed by atoms with van der Waals surface area (Å²) >= 11 is 3.60. The van der Waals surface area contributed by atoms with Gasteiger partial charge in [-0.2, -0.15) is 0 Å². The van der Waals surface area contributed by atoms with Crippen molar-refractivity contribution in [2.24, 2.45) is 11.3 Å². The number of ether oxygens (including phenoxy) is 2. The van der Waals surface area contributed by atoms with E-state index in [1.54, 1.807) is 38.3 Å². The number of nitrogens with zero attached hydrogens (tertiary/aromatic N) is 2. The van der Waals surface area contributed by atoms with E-state index in [0.717, 1.165) is 40.2 Å². The van der Waals surface area contributed by atoms with Gasteiger partial charge < -0.3 is 24.5 Å². The number of cyclic esters (lactones) is 1. The van der Waals surface area contributed by atoms with E-state index in [2.05, 4.69) is 21.2 Å².